The van der Waals surface area contributed by atoms with Crippen LogP contribution < -0.4 is 14.8 Å². The van der Waals surface area contributed by atoms with Gasteiger partial charge in [-0.2, -0.15) is 4.68 Å². The van der Waals surface area contributed by atoms with Gasteiger partial charge in [-0.05, 0) is 41.5 Å². The Labute approximate surface area is 163 Å². The van der Waals surface area contributed by atoms with E-state index >= 15 is 0 Å². The Hall–Kier alpha value is -3.36. The summed E-state index contributed by atoms with van der Waals surface area (Å²) in [4.78, 5) is 12.7. The van der Waals surface area contributed by atoms with E-state index in [1.807, 2.05) is 25.1 Å². The van der Waals surface area contributed by atoms with Gasteiger partial charge in [-0.25, -0.2) is 4.79 Å². The fourth-order valence-corrected chi connectivity index (χ4v) is 2.98. The van der Waals surface area contributed by atoms with Crippen molar-refractivity contribution in [2.75, 3.05) is 25.6 Å². The molecule has 0 radical (unpaired) electrons. The summed E-state index contributed by atoms with van der Waals surface area (Å²) in [6, 6.07) is 4.93. The molecule has 9 heteroatoms. The minimum atomic E-state index is -0.572. The number of nitrogens with zero attached hydrogens (tertiary/aromatic N) is 4. The van der Waals surface area contributed by atoms with Crippen LogP contribution in [0, 0.1) is 0 Å². The summed E-state index contributed by atoms with van der Waals surface area (Å²) in [5.74, 6) is 1.17. The van der Waals surface area contributed by atoms with E-state index in [0.29, 0.717) is 35.3 Å². The normalized spacial score (nSPS) is 15.5. The van der Waals surface area contributed by atoms with Gasteiger partial charge in [0.05, 0.1) is 19.3 Å². The van der Waals surface area contributed by atoms with Gasteiger partial charge in [-0.15, -0.1) is 0 Å². The van der Waals surface area contributed by atoms with Gasteiger partial charge in [0, 0.05) is 5.70 Å². The van der Waals surface area contributed by atoms with Crippen molar-refractivity contribution < 1.29 is 19.0 Å². The minimum absolute atomic E-state index is 0.109. The van der Waals surface area contributed by atoms with E-state index in [1.165, 1.54) is 6.08 Å². The molecule has 1 N–H and O–H groups in total. The van der Waals surface area contributed by atoms with Crippen LogP contribution in [0.4, 0.5) is 5.95 Å². The Kier molecular flexibility index (Phi) is 5.93. The molecular weight excluding hydrogens is 362 g/mol. The molecule has 1 aromatic carbocycles. The number of hydrogen-bond acceptors (Lipinski definition) is 8. The molecule has 9 nitrogen and oxygen atoms in total. The van der Waals surface area contributed by atoms with Crippen LogP contribution in [-0.4, -0.2) is 46.5 Å². The minimum Gasteiger partial charge on any atom is -0.493 e. The van der Waals surface area contributed by atoms with Crippen LogP contribution in [0.15, 0.2) is 42.1 Å². The van der Waals surface area contributed by atoms with Gasteiger partial charge in [-0.3, -0.25) is 0 Å². The summed E-state index contributed by atoms with van der Waals surface area (Å²) in [6.07, 6.45) is 2.40. The molecule has 1 aliphatic rings. The van der Waals surface area contributed by atoms with Gasteiger partial charge in [0.2, 0.25) is 5.95 Å². The van der Waals surface area contributed by atoms with Crippen molar-refractivity contribution in [3.05, 3.63) is 47.7 Å². The zero-order valence-electron chi connectivity index (χ0n) is 16.1. The molecule has 0 saturated heterocycles. The molecule has 28 heavy (non-hydrogen) atoms. The molecule has 0 saturated carbocycles. The van der Waals surface area contributed by atoms with Crippen molar-refractivity contribution in [1.29, 1.82) is 0 Å². The van der Waals surface area contributed by atoms with Crippen LogP contribution in [0.3, 0.4) is 0 Å². The maximum atomic E-state index is 12.7. The summed E-state index contributed by atoms with van der Waals surface area (Å²) in [5.41, 5.74) is 1.79. The number of methoxy groups -OCH3 is 1. The van der Waals surface area contributed by atoms with Gasteiger partial charge in [-0.1, -0.05) is 30.7 Å². The number of fused-ring (bicyclic) bond motifs is 1. The molecule has 1 aromatic heterocycles. The Morgan fingerprint density at radius 1 is 1.39 bits per heavy atom. The van der Waals surface area contributed by atoms with E-state index in [0.717, 1.165) is 12.0 Å². The highest BCUT2D eigenvalue weighted by Gasteiger charge is 2.35. The van der Waals surface area contributed by atoms with E-state index in [-0.39, 0.29) is 6.61 Å². The summed E-state index contributed by atoms with van der Waals surface area (Å²) in [7, 11) is 1.57. The first-order valence-electron chi connectivity index (χ1n) is 8.95. The van der Waals surface area contributed by atoms with Crippen molar-refractivity contribution in [1.82, 2.24) is 20.2 Å². The second kappa shape index (κ2) is 8.55. The van der Waals surface area contributed by atoms with E-state index in [2.05, 4.69) is 27.4 Å². The highest BCUT2D eigenvalue weighted by atomic mass is 16.5. The number of benzene rings is 1. The van der Waals surface area contributed by atoms with Crippen LogP contribution in [-0.2, 0) is 9.53 Å². The number of rotatable bonds is 8. The maximum absolute atomic E-state index is 12.7. The zero-order chi connectivity index (χ0) is 20.1. The number of aromatic nitrogens is 4. The van der Waals surface area contributed by atoms with Crippen molar-refractivity contribution in [2.45, 2.75) is 26.3 Å². The molecule has 1 unspecified atom stereocenters. The van der Waals surface area contributed by atoms with Crippen LogP contribution in [0.5, 0.6) is 11.5 Å². The number of hydrogen-bond donors (Lipinski definition) is 1. The lowest BCUT2D eigenvalue weighted by Crippen LogP contribution is -2.29. The van der Waals surface area contributed by atoms with Gasteiger partial charge in [0.25, 0.3) is 0 Å². The molecule has 3 rings (SSSR count). The van der Waals surface area contributed by atoms with Crippen LogP contribution in [0.1, 0.15) is 31.9 Å². The first kappa shape index (κ1) is 19.4. The number of allylic oxidation sites excluding steroid dienone is 1. The van der Waals surface area contributed by atoms with Crippen molar-refractivity contribution in [3.63, 3.8) is 0 Å². The molecule has 2 aromatic rings. The Morgan fingerprint density at radius 3 is 2.93 bits per heavy atom. The van der Waals surface area contributed by atoms with Gasteiger partial charge in [0.15, 0.2) is 11.5 Å². The summed E-state index contributed by atoms with van der Waals surface area (Å²) >= 11 is 0. The average molecular weight is 385 g/mol. The van der Waals surface area contributed by atoms with Crippen molar-refractivity contribution >= 4 is 11.9 Å². The third kappa shape index (κ3) is 3.68. The smallest absolute Gasteiger partial charge is 0.338 e. The second-order valence-corrected chi connectivity index (χ2v) is 6.16. The summed E-state index contributed by atoms with van der Waals surface area (Å²) in [5, 5.41) is 14.8. The van der Waals surface area contributed by atoms with Crippen LogP contribution >= 0.6 is 0 Å². The van der Waals surface area contributed by atoms with E-state index in [1.54, 1.807) is 18.7 Å². The van der Waals surface area contributed by atoms with E-state index in [4.69, 9.17) is 14.2 Å². The van der Waals surface area contributed by atoms with E-state index < -0.39 is 12.0 Å². The highest BCUT2D eigenvalue weighted by molar-refractivity contribution is 5.92. The fourth-order valence-electron chi connectivity index (χ4n) is 2.98. The first-order valence-corrected chi connectivity index (χ1v) is 8.95. The topological polar surface area (TPSA) is 100 Å². The quantitative estimate of drug-likeness (QED) is 0.546. The fraction of sp³-hybridized carbons (Fsp3) is 0.368. The highest BCUT2D eigenvalue weighted by Crippen LogP contribution is 2.38. The molecule has 0 spiro atoms. The lowest BCUT2D eigenvalue weighted by Gasteiger charge is -2.27. The number of esters is 1. The van der Waals surface area contributed by atoms with E-state index in [9.17, 15) is 4.79 Å². The van der Waals surface area contributed by atoms with Crippen molar-refractivity contribution in [3.8, 4) is 11.5 Å². The first-order chi connectivity index (χ1) is 13.6. The molecule has 148 valence electrons. The molecule has 0 fully saturated rings. The molecule has 0 bridgehead atoms. The predicted molar refractivity (Wildman–Crippen MR) is 102 cm³/mol. The van der Waals surface area contributed by atoms with Gasteiger partial charge < -0.3 is 19.5 Å². The average Bonchev–Trinajstić information content (AvgIpc) is 3.17. The molecule has 1 atom stereocenters. The third-order valence-electron chi connectivity index (χ3n) is 4.23. The Bertz CT molecular complexity index is 905. The lowest BCUT2D eigenvalue weighted by atomic mass is 9.95. The number of anilines is 1. The van der Waals surface area contributed by atoms with Gasteiger partial charge >= 0.3 is 5.97 Å². The standard InChI is InChI=1S/C19H23N5O4/c1-5-9-27-14-8-7-13(11-15(14)26-4)17-16(18(25)28-10-6-2)12(3)20-19-21-22-23-24(17)19/h6-8,11,17H,2,5,9-10H2,1,3-4H3,(H,20,21,23). The molecular formula is C19H23N5O4. The monoisotopic (exact) mass is 385 g/mol. The van der Waals surface area contributed by atoms with Crippen LogP contribution in [0.2, 0.25) is 0 Å². The molecule has 1 aliphatic heterocycles. The second-order valence-electron chi connectivity index (χ2n) is 6.16. The number of carbonyl (C=O) groups is 1. The summed E-state index contributed by atoms with van der Waals surface area (Å²) < 4.78 is 18.0. The van der Waals surface area contributed by atoms with Crippen LogP contribution in [0.25, 0.3) is 0 Å². The third-order valence-corrected chi connectivity index (χ3v) is 4.23. The van der Waals surface area contributed by atoms with Gasteiger partial charge in [0.1, 0.15) is 12.6 Å². The molecule has 2 heterocycles. The maximum Gasteiger partial charge on any atom is 0.338 e. The Morgan fingerprint density at radius 2 is 2.21 bits per heavy atom. The summed E-state index contributed by atoms with van der Waals surface area (Å²) in [6.45, 7) is 8.09. The molecule has 0 aliphatic carbocycles. The number of ether oxygens (including phenoxy) is 3. The largest absolute Gasteiger partial charge is 0.493 e. The SMILES string of the molecule is C=CCOC(=O)C1=C(C)Nc2nnnn2C1c1ccc(OCCC)c(OC)c1. The number of carbonyl (C=O) groups excluding carboxylic acids is 1. The zero-order valence-corrected chi connectivity index (χ0v) is 16.1. The lowest BCUT2D eigenvalue weighted by molar-refractivity contribution is -0.138. The predicted octanol–water partition coefficient (Wildman–Crippen LogP) is 2.49. The number of nitrogens with one attached hydrogen (secondary N) is 1. The number of tetrazole rings is 1. The molecule has 0 amide bonds. The Balaban J connectivity index is 2.06. The van der Waals surface area contributed by atoms with Crippen molar-refractivity contribution in [2.24, 2.45) is 0 Å².